The highest BCUT2D eigenvalue weighted by Gasteiger charge is 2.14. The predicted molar refractivity (Wildman–Crippen MR) is 78.8 cm³/mol. The minimum atomic E-state index is -3.37. The molecule has 2 N–H and O–H groups in total. The molecule has 4 nitrogen and oxygen atoms in total. The SMILES string of the molecule is CCNCCCc1ccc(S(=O)(=O)NC(C)C)cc1. The summed E-state index contributed by atoms with van der Waals surface area (Å²) in [4.78, 5) is 0.330. The molecule has 0 amide bonds. The standard InChI is InChI=1S/C14H24N2O2S/c1-4-15-11-5-6-13-7-9-14(10-8-13)19(17,18)16-12(2)3/h7-10,12,15-16H,4-6,11H2,1-3H3. The Kier molecular flexibility index (Phi) is 6.48. The Hall–Kier alpha value is -0.910. The van der Waals surface area contributed by atoms with Crippen molar-refractivity contribution in [3.63, 3.8) is 0 Å². The average Bonchev–Trinajstić information content (AvgIpc) is 2.34. The van der Waals surface area contributed by atoms with Crippen LogP contribution in [0.3, 0.4) is 0 Å². The van der Waals surface area contributed by atoms with Gasteiger partial charge in [0.1, 0.15) is 0 Å². The number of sulfonamides is 1. The number of aryl methyl sites for hydroxylation is 1. The van der Waals surface area contributed by atoms with E-state index in [1.54, 1.807) is 12.1 Å². The molecule has 1 aromatic rings. The van der Waals surface area contributed by atoms with Crippen molar-refractivity contribution in [3.05, 3.63) is 29.8 Å². The van der Waals surface area contributed by atoms with E-state index in [-0.39, 0.29) is 6.04 Å². The van der Waals surface area contributed by atoms with E-state index in [1.165, 1.54) is 5.56 Å². The monoisotopic (exact) mass is 284 g/mol. The van der Waals surface area contributed by atoms with Crippen LogP contribution >= 0.6 is 0 Å². The van der Waals surface area contributed by atoms with Crippen LogP contribution in [-0.4, -0.2) is 27.5 Å². The molecule has 108 valence electrons. The lowest BCUT2D eigenvalue weighted by atomic mass is 10.1. The van der Waals surface area contributed by atoms with Gasteiger partial charge in [-0.15, -0.1) is 0 Å². The highest BCUT2D eigenvalue weighted by molar-refractivity contribution is 7.89. The molecule has 5 heteroatoms. The second-order valence-electron chi connectivity index (χ2n) is 4.88. The number of hydrogen-bond acceptors (Lipinski definition) is 3. The van der Waals surface area contributed by atoms with Gasteiger partial charge in [0.25, 0.3) is 0 Å². The molecule has 0 aliphatic rings. The summed E-state index contributed by atoms with van der Waals surface area (Å²) in [6, 6.07) is 7.03. The van der Waals surface area contributed by atoms with Crippen LogP contribution < -0.4 is 10.0 Å². The molecule has 0 spiro atoms. The molecular formula is C14H24N2O2S. The lowest BCUT2D eigenvalue weighted by Crippen LogP contribution is -2.30. The quantitative estimate of drug-likeness (QED) is 0.717. The zero-order valence-electron chi connectivity index (χ0n) is 11.9. The first kappa shape index (κ1) is 16.1. The van der Waals surface area contributed by atoms with Gasteiger partial charge in [0.2, 0.25) is 10.0 Å². The Morgan fingerprint density at radius 3 is 2.32 bits per heavy atom. The van der Waals surface area contributed by atoms with E-state index in [0.29, 0.717) is 4.90 Å². The number of benzene rings is 1. The van der Waals surface area contributed by atoms with Crippen LogP contribution in [0.15, 0.2) is 29.2 Å². The van der Waals surface area contributed by atoms with Crippen molar-refractivity contribution in [2.45, 2.75) is 44.6 Å². The Bertz CT molecular complexity index is 467. The summed E-state index contributed by atoms with van der Waals surface area (Å²) in [5.41, 5.74) is 1.17. The Morgan fingerprint density at radius 2 is 1.79 bits per heavy atom. The molecule has 1 rings (SSSR count). The Morgan fingerprint density at radius 1 is 1.16 bits per heavy atom. The molecule has 1 aromatic carbocycles. The number of nitrogens with one attached hydrogen (secondary N) is 2. The third-order valence-electron chi connectivity index (χ3n) is 2.69. The molecule has 0 atom stereocenters. The molecule has 0 bridgehead atoms. The molecule has 0 heterocycles. The topological polar surface area (TPSA) is 58.2 Å². The third kappa shape index (κ3) is 5.72. The zero-order chi connectivity index (χ0) is 14.3. The van der Waals surface area contributed by atoms with Gasteiger partial charge in [-0.3, -0.25) is 0 Å². The smallest absolute Gasteiger partial charge is 0.240 e. The maximum atomic E-state index is 11.9. The van der Waals surface area contributed by atoms with Crippen LogP contribution in [0, 0.1) is 0 Å². The third-order valence-corrected chi connectivity index (χ3v) is 4.37. The molecule has 0 saturated carbocycles. The molecule has 0 radical (unpaired) electrons. The number of rotatable bonds is 8. The minimum absolute atomic E-state index is 0.0928. The van der Waals surface area contributed by atoms with E-state index in [9.17, 15) is 8.42 Å². The molecule has 0 aliphatic heterocycles. The maximum absolute atomic E-state index is 11.9. The fourth-order valence-electron chi connectivity index (χ4n) is 1.81. The van der Waals surface area contributed by atoms with Gasteiger partial charge in [-0.2, -0.15) is 0 Å². The van der Waals surface area contributed by atoms with Gasteiger partial charge >= 0.3 is 0 Å². The molecule has 0 fully saturated rings. The molecule has 0 unspecified atom stereocenters. The van der Waals surface area contributed by atoms with Crippen molar-refractivity contribution in [2.75, 3.05) is 13.1 Å². The largest absolute Gasteiger partial charge is 0.317 e. The van der Waals surface area contributed by atoms with Crippen molar-refractivity contribution in [1.29, 1.82) is 0 Å². The van der Waals surface area contributed by atoms with Crippen molar-refractivity contribution in [1.82, 2.24) is 10.0 Å². The van der Waals surface area contributed by atoms with Gasteiger partial charge in [0, 0.05) is 6.04 Å². The number of hydrogen-bond donors (Lipinski definition) is 2. The summed E-state index contributed by atoms with van der Waals surface area (Å²) in [5, 5.41) is 3.27. The summed E-state index contributed by atoms with van der Waals surface area (Å²) >= 11 is 0. The molecular weight excluding hydrogens is 260 g/mol. The summed E-state index contributed by atoms with van der Waals surface area (Å²) in [6.45, 7) is 7.68. The van der Waals surface area contributed by atoms with E-state index in [0.717, 1.165) is 25.9 Å². The van der Waals surface area contributed by atoms with Gasteiger partial charge in [-0.05, 0) is 57.5 Å². The molecule has 0 aliphatic carbocycles. The predicted octanol–water partition coefficient (Wildman–Crippen LogP) is 1.92. The van der Waals surface area contributed by atoms with Gasteiger partial charge in [0.15, 0.2) is 0 Å². The van der Waals surface area contributed by atoms with E-state index >= 15 is 0 Å². The van der Waals surface area contributed by atoms with Crippen LogP contribution in [-0.2, 0) is 16.4 Å². The van der Waals surface area contributed by atoms with Crippen molar-refractivity contribution < 1.29 is 8.42 Å². The van der Waals surface area contributed by atoms with E-state index in [1.807, 2.05) is 26.0 Å². The second-order valence-corrected chi connectivity index (χ2v) is 6.59. The Balaban J connectivity index is 2.61. The van der Waals surface area contributed by atoms with Crippen LogP contribution in [0.4, 0.5) is 0 Å². The highest BCUT2D eigenvalue weighted by Crippen LogP contribution is 2.12. The fraction of sp³-hybridized carbons (Fsp3) is 0.571. The average molecular weight is 284 g/mol. The van der Waals surface area contributed by atoms with Crippen LogP contribution in [0.25, 0.3) is 0 Å². The van der Waals surface area contributed by atoms with Gasteiger partial charge in [0.05, 0.1) is 4.90 Å². The first-order chi connectivity index (χ1) is 8.95. The Labute approximate surface area is 116 Å². The van der Waals surface area contributed by atoms with Crippen molar-refractivity contribution in [3.8, 4) is 0 Å². The normalized spacial score (nSPS) is 12.0. The second kappa shape index (κ2) is 7.62. The lowest BCUT2D eigenvalue weighted by Gasteiger charge is -2.10. The molecule has 0 saturated heterocycles. The highest BCUT2D eigenvalue weighted by atomic mass is 32.2. The van der Waals surface area contributed by atoms with Crippen LogP contribution in [0.2, 0.25) is 0 Å². The molecule has 19 heavy (non-hydrogen) atoms. The first-order valence-corrected chi connectivity index (χ1v) is 8.26. The van der Waals surface area contributed by atoms with Gasteiger partial charge in [-0.1, -0.05) is 19.1 Å². The summed E-state index contributed by atoms with van der Waals surface area (Å²) in [5.74, 6) is 0. The maximum Gasteiger partial charge on any atom is 0.240 e. The minimum Gasteiger partial charge on any atom is -0.317 e. The lowest BCUT2D eigenvalue weighted by molar-refractivity contribution is 0.570. The zero-order valence-corrected chi connectivity index (χ0v) is 12.8. The van der Waals surface area contributed by atoms with Crippen molar-refractivity contribution >= 4 is 10.0 Å². The summed E-state index contributed by atoms with van der Waals surface area (Å²) in [7, 11) is -3.37. The van der Waals surface area contributed by atoms with Crippen LogP contribution in [0.1, 0.15) is 32.8 Å². The van der Waals surface area contributed by atoms with E-state index in [4.69, 9.17) is 0 Å². The van der Waals surface area contributed by atoms with E-state index in [2.05, 4.69) is 17.0 Å². The van der Waals surface area contributed by atoms with Gasteiger partial charge in [-0.25, -0.2) is 13.1 Å². The summed E-state index contributed by atoms with van der Waals surface area (Å²) < 4.78 is 26.4. The van der Waals surface area contributed by atoms with E-state index < -0.39 is 10.0 Å². The molecule has 0 aromatic heterocycles. The van der Waals surface area contributed by atoms with Gasteiger partial charge < -0.3 is 5.32 Å². The van der Waals surface area contributed by atoms with Crippen molar-refractivity contribution in [2.24, 2.45) is 0 Å². The van der Waals surface area contributed by atoms with Crippen LogP contribution in [0.5, 0.6) is 0 Å². The fourth-order valence-corrected chi connectivity index (χ4v) is 3.06. The first-order valence-electron chi connectivity index (χ1n) is 6.77. The summed E-state index contributed by atoms with van der Waals surface area (Å²) in [6.07, 6.45) is 2.02.